The van der Waals surface area contributed by atoms with Crippen LogP contribution in [0.2, 0.25) is 0 Å². The third-order valence-corrected chi connectivity index (χ3v) is 2.08. The van der Waals surface area contributed by atoms with E-state index in [4.69, 9.17) is 10.00 Å². The van der Waals surface area contributed by atoms with Gasteiger partial charge in [0.05, 0.1) is 6.61 Å². The lowest BCUT2D eigenvalue weighted by Gasteiger charge is -2.01. The van der Waals surface area contributed by atoms with Crippen molar-refractivity contribution in [2.75, 3.05) is 6.61 Å². The van der Waals surface area contributed by atoms with E-state index >= 15 is 0 Å². The fourth-order valence-corrected chi connectivity index (χ4v) is 1.14. The molecule has 0 atom stereocenters. The van der Waals surface area contributed by atoms with Gasteiger partial charge in [-0.15, -0.1) is 0 Å². The van der Waals surface area contributed by atoms with Gasteiger partial charge in [-0.2, -0.15) is 5.26 Å². The second-order valence-electron chi connectivity index (χ2n) is 3.46. The molecule has 0 heterocycles. The van der Waals surface area contributed by atoms with Gasteiger partial charge in [-0.05, 0) is 6.42 Å². The number of nitrogens with zero attached hydrogens (tertiary/aromatic N) is 2. The summed E-state index contributed by atoms with van der Waals surface area (Å²) in [6.07, 6.45) is 0.791. The third kappa shape index (κ3) is 4.66. The molecule has 1 aromatic rings. The van der Waals surface area contributed by atoms with E-state index in [1.807, 2.05) is 19.1 Å². The van der Waals surface area contributed by atoms with Crippen LogP contribution in [0.5, 0.6) is 0 Å². The Kier molecular flexibility index (Phi) is 5.98. The highest BCUT2D eigenvalue weighted by Crippen LogP contribution is 2.02. The second kappa shape index (κ2) is 7.85. The van der Waals surface area contributed by atoms with Crippen molar-refractivity contribution < 1.29 is 14.4 Å². The average Bonchev–Trinajstić information content (AvgIpc) is 2.41. The predicted molar refractivity (Wildman–Crippen MR) is 65.9 cm³/mol. The summed E-state index contributed by atoms with van der Waals surface area (Å²) >= 11 is 0. The molecule has 0 aliphatic heterocycles. The molecule has 0 unspecified atom stereocenters. The molecule has 0 N–H and O–H groups in total. The molecule has 0 radical (unpaired) electrons. The highest BCUT2D eigenvalue weighted by atomic mass is 16.8. The Labute approximate surface area is 106 Å². The lowest BCUT2D eigenvalue weighted by atomic mass is 10.1. The number of ether oxygens (including phenoxy) is 1. The fourth-order valence-electron chi connectivity index (χ4n) is 1.14. The molecular weight excluding hydrogens is 232 g/mol. The second-order valence-corrected chi connectivity index (χ2v) is 3.46. The molecule has 0 spiro atoms. The Morgan fingerprint density at radius 3 is 2.72 bits per heavy atom. The zero-order valence-electron chi connectivity index (χ0n) is 10.1. The number of carbonyl (C=O) groups excluding carboxylic acids is 1. The maximum atomic E-state index is 11.1. The van der Waals surface area contributed by atoms with Crippen LogP contribution >= 0.6 is 0 Å². The predicted octanol–water partition coefficient (Wildman–Crippen LogP) is 2.87. The van der Waals surface area contributed by atoms with E-state index in [-0.39, 0.29) is 12.3 Å². The number of hydrogen-bond acceptors (Lipinski definition) is 5. The Hall–Kier alpha value is -2.35. The summed E-state index contributed by atoms with van der Waals surface area (Å²) in [5.74, 6) is 0. The lowest BCUT2D eigenvalue weighted by Crippen LogP contribution is -2.07. The third-order valence-electron chi connectivity index (χ3n) is 2.08. The number of hydrogen-bond donors (Lipinski definition) is 0. The van der Waals surface area contributed by atoms with Crippen LogP contribution < -0.4 is 0 Å². The Morgan fingerprint density at radius 2 is 2.11 bits per heavy atom. The molecule has 0 aromatic heterocycles. The van der Waals surface area contributed by atoms with Gasteiger partial charge in [0, 0.05) is 5.56 Å². The van der Waals surface area contributed by atoms with Crippen LogP contribution in [0.1, 0.15) is 25.3 Å². The van der Waals surface area contributed by atoms with Gasteiger partial charge < -0.3 is 4.74 Å². The first-order chi connectivity index (χ1) is 8.77. The van der Waals surface area contributed by atoms with Gasteiger partial charge in [-0.25, -0.2) is 4.79 Å². The quantitative estimate of drug-likeness (QED) is 0.263. The van der Waals surface area contributed by atoms with Crippen LogP contribution in [0.3, 0.4) is 0 Å². The molecule has 0 saturated heterocycles. The molecule has 5 heteroatoms. The molecule has 0 fully saturated rings. The number of nitriles is 1. The molecule has 0 aliphatic carbocycles. The van der Waals surface area contributed by atoms with Gasteiger partial charge in [0.25, 0.3) is 0 Å². The number of carbonyl (C=O) groups is 1. The molecule has 1 aromatic carbocycles. The Bertz CT molecular complexity index is 449. The highest BCUT2D eigenvalue weighted by molar-refractivity contribution is 6.11. The van der Waals surface area contributed by atoms with Gasteiger partial charge in [0.2, 0.25) is 0 Å². The van der Waals surface area contributed by atoms with Crippen molar-refractivity contribution in [3.8, 4) is 6.07 Å². The van der Waals surface area contributed by atoms with Crippen molar-refractivity contribution >= 4 is 11.9 Å². The van der Waals surface area contributed by atoms with Gasteiger partial charge in [-0.1, -0.05) is 48.8 Å². The van der Waals surface area contributed by atoms with Gasteiger partial charge in [-0.3, -0.25) is 4.84 Å². The van der Waals surface area contributed by atoms with Crippen LogP contribution in [0.4, 0.5) is 4.79 Å². The van der Waals surface area contributed by atoms with Gasteiger partial charge in [0.15, 0.2) is 5.71 Å². The summed E-state index contributed by atoms with van der Waals surface area (Å²) in [5.41, 5.74) is 0.615. The molecule has 18 heavy (non-hydrogen) atoms. The van der Waals surface area contributed by atoms with Crippen molar-refractivity contribution in [1.82, 2.24) is 0 Å². The monoisotopic (exact) mass is 246 g/mol. The van der Waals surface area contributed by atoms with Crippen LogP contribution in [0.15, 0.2) is 35.5 Å². The Morgan fingerprint density at radius 1 is 1.39 bits per heavy atom. The molecule has 94 valence electrons. The minimum atomic E-state index is -0.896. The largest absolute Gasteiger partial charge is 0.535 e. The van der Waals surface area contributed by atoms with Crippen molar-refractivity contribution in [2.45, 2.75) is 19.8 Å². The molecular formula is C13H14N2O3. The zero-order chi connectivity index (χ0) is 13.2. The summed E-state index contributed by atoms with van der Waals surface area (Å²) in [5, 5.41) is 12.4. The number of unbranched alkanes of at least 4 members (excludes halogenated alkanes) is 1. The van der Waals surface area contributed by atoms with Gasteiger partial charge >= 0.3 is 6.16 Å². The first-order valence-corrected chi connectivity index (χ1v) is 5.65. The topological polar surface area (TPSA) is 71.7 Å². The number of benzene rings is 1. The van der Waals surface area contributed by atoms with Crippen LogP contribution in [0, 0.1) is 11.3 Å². The van der Waals surface area contributed by atoms with E-state index in [9.17, 15) is 4.79 Å². The normalized spacial score (nSPS) is 10.6. The first-order valence-electron chi connectivity index (χ1n) is 5.65. The molecule has 0 amide bonds. The summed E-state index contributed by atoms with van der Waals surface area (Å²) in [7, 11) is 0. The van der Waals surface area contributed by atoms with E-state index in [1.54, 1.807) is 24.3 Å². The average molecular weight is 246 g/mol. The molecule has 0 bridgehead atoms. The molecule has 0 saturated carbocycles. The van der Waals surface area contributed by atoms with Gasteiger partial charge in [0.1, 0.15) is 6.07 Å². The van der Waals surface area contributed by atoms with E-state index in [0.29, 0.717) is 5.56 Å². The van der Waals surface area contributed by atoms with E-state index < -0.39 is 6.16 Å². The zero-order valence-corrected chi connectivity index (χ0v) is 10.1. The summed E-state index contributed by atoms with van der Waals surface area (Å²) in [6, 6.07) is 10.6. The lowest BCUT2D eigenvalue weighted by molar-refractivity contribution is 0.0567. The summed E-state index contributed by atoms with van der Waals surface area (Å²) < 4.78 is 4.74. The van der Waals surface area contributed by atoms with Crippen molar-refractivity contribution in [3.05, 3.63) is 35.9 Å². The summed E-state index contributed by atoms with van der Waals surface area (Å²) in [6.45, 7) is 2.27. The molecule has 0 aliphatic rings. The van der Waals surface area contributed by atoms with Crippen LogP contribution in [-0.2, 0) is 9.57 Å². The van der Waals surface area contributed by atoms with E-state index in [1.165, 1.54) is 0 Å². The van der Waals surface area contributed by atoms with Crippen molar-refractivity contribution in [1.29, 1.82) is 5.26 Å². The van der Waals surface area contributed by atoms with Crippen molar-refractivity contribution in [2.24, 2.45) is 5.16 Å². The fraction of sp³-hybridized carbons (Fsp3) is 0.308. The summed E-state index contributed by atoms with van der Waals surface area (Å²) in [4.78, 5) is 15.6. The maximum absolute atomic E-state index is 11.1. The van der Waals surface area contributed by atoms with E-state index in [2.05, 4.69) is 9.99 Å². The minimum absolute atomic E-state index is 0.0306. The number of rotatable bonds is 5. The standard InChI is InChI=1S/C13H14N2O3/c1-2-3-9-17-13(16)18-15-12(10-14)11-7-5-4-6-8-11/h4-8H,2-3,9H2,1H3/b15-12-. The van der Waals surface area contributed by atoms with Crippen molar-refractivity contribution in [3.63, 3.8) is 0 Å². The van der Waals surface area contributed by atoms with E-state index in [0.717, 1.165) is 12.8 Å². The number of oxime groups is 1. The van der Waals surface area contributed by atoms with Crippen LogP contribution in [-0.4, -0.2) is 18.5 Å². The Balaban J connectivity index is 2.54. The first kappa shape index (κ1) is 13.7. The SMILES string of the molecule is CCCCOC(=O)O/N=C(/C#N)c1ccccc1. The molecule has 5 nitrogen and oxygen atoms in total. The van der Waals surface area contributed by atoms with Crippen LogP contribution in [0.25, 0.3) is 0 Å². The highest BCUT2D eigenvalue weighted by Gasteiger charge is 2.06. The molecule has 1 rings (SSSR count). The smallest absolute Gasteiger partial charge is 0.433 e. The minimum Gasteiger partial charge on any atom is -0.433 e. The maximum Gasteiger partial charge on any atom is 0.535 e.